The minimum Gasteiger partial charge on any atom is -0.313 e. The summed E-state index contributed by atoms with van der Waals surface area (Å²) in [6.07, 6.45) is 1.97. The summed E-state index contributed by atoms with van der Waals surface area (Å²) in [5, 5.41) is 3.30. The molecule has 102 valence electrons. The number of aromatic nitrogens is 1. The summed E-state index contributed by atoms with van der Waals surface area (Å²) in [6.45, 7) is 7.06. The highest BCUT2D eigenvalue weighted by Crippen LogP contribution is 2.03. The molecule has 0 aliphatic rings. The summed E-state index contributed by atoms with van der Waals surface area (Å²) in [7, 11) is 6.33. The van der Waals surface area contributed by atoms with Gasteiger partial charge in [0.25, 0.3) is 0 Å². The van der Waals surface area contributed by atoms with Crippen LogP contribution in [0.4, 0.5) is 0 Å². The van der Waals surface area contributed by atoms with Gasteiger partial charge in [0.05, 0.1) is 5.69 Å². The van der Waals surface area contributed by atoms with Gasteiger partial charge in [0.2, 0.25) is 0 Å². The molecule has 0 spiro atoms. The Bertz CT molecular complexity index is 321. The van der Waals surface area contributed by atoms with E-state index >= 15 is 0 Å². The van der Waals surface area contributed by atoms with Crippen molar-refractivity contribution in [1.29, 1.82) is 0 Å². The molecule has 1 N–H and O–H groups in total. The lowest BCUT2D eigenvalue weighted by Crippen LogP contribution is -2.28. The van der Waals surface area contributed by atoms with Crippen LogP contribution in [0.15, 0.2) is 18.3 Å². The number of nitrogens with one attached hydrogen (secondary N) is 1. The maximum Gasteiger partial charge on any atom is 0.0544 e. The Morgan fingerprint density at radius 1 is 1.17 bits per heavy atom. The zero-order valence-electron chi connectivity index (χ0n) is 12.1. The van der Waals surface area contributed by atoms with Gasteiger partial charge in [-0.25, -0.2) is 0 Å². The molecule has 18 heavy (non-hydrogen) atoms. The van der Waals surface area contributed by atoms with Crippen molar-refractivity contribution in [1.82, 2.24) is 20.1 Å². The lowest BCUT2D eigenvalue weighted by atomic mass is 10.2. The first kappa shape index (κ1) is 15.1. The van der Waals surface area contributed by atoms with Gasteiger partial charge in [0.15, 0.2) is 0 Å². The Morgan fingerprint density at radius 2 is 1.94 bits per heavy atom. The van der Waals surface area contributed by atoms with Crippen LogP contribution in [0.2, 0.25) is 0 Å². The predicted molar refractivity (Wildman–Crippen MR) is 76.5 cm³/mol. The Labute approximate surface area is 111 Å². The van der Waals surface area contributed by atoms with Gasteiger partial charge in [-0.3, -0.25) is 9.88 Å². The summed E-state index contributed by atoms with van der Waals surface area (Å²) in [6, 6.07) is 4.28. The normalized spacial score (nSPS) is 11.4. The molecule has 0 amide bonds. The average Bonchev–Trinajstić information content (AvgIpc) is 2.35. The van der Waals surface area contributed by atoms with Crippen molar-refractivity contribution in [3.8, 4) is 0 Å². The molecule has 0 saturated carbocycles. The molecule has 1 rings (SSSR count). The molecule has 0 aliphatic heterocycles. The van der Waals surface area contributed by atoms with E-state index in [1.165, 1.54) is 5.56 Å². The molecule has 0 atom stereocenters. The van der Waals surface area contributed by atoms with Crippen LogP contribution in [0.5, 0.6) is 0 Å². The fourth-order valence-corrected chi connectivity index (χ4v) is 1.65. The van der Waals surface area contributed by atoms with Gasteiger partial charge < -0.3 is 10.2 Å². The largest absolute Gasteiger partial charge is 0.313 e. The second-order valence-corrected chi connectivity index (χ2v) is 4.98. The Balaban J connectivity index is 2.38. The van der Waals surface area contributed by atoms with Crippen molar-refractivity contribution >= 4 is 0 Å². The van der Waals surface area contributed by atoms with Crippen molar-refractivity contribution in [2.24, 2.45) is 0 Å². The van der Waals surface area contributed by atoms with E-state index in [9.17, 15) is 0 Å². The summed E-state index contributed by atoms with van der Waals surface area (Å²) < 4.78 is 0. The maximum atomic E-state index is 4.50. The molecular weight excluding hydrogens is 224 g/mol. The van der Waals surface area contributed by atoms with E-state index < -0.39 is 0 Å². The first-order valence-electron chi connectivity index (χ1n) is 6.59. The second-order valence-electron chi connectivity index (χ2n) is 4.98. The summed E-state index contributed by atoms with van der Waals surface area (Å²) in [5.41, 5.74) is 2.38. The average molecular weight is 250 g/mol. The van der Waals surface area contributed by atoms with Gasteiger partial charge in [-0.2, -0.15) is 0 Å². The fraction of sp³-hybridized carbons (Fsp3) is 0.643. The molecule has 0 aromatic carbocycles. The number of rotatable bonds is 8. The summed E-state index contributed by atoms with van der Waals surface area (Å²) in [4.78, 5) is 9.00. The quantitative estimate of drug-likeness (QED) is 0.751. The standard InChI is InChI=1S/C14H26N4/c1-5-15-10-13-6-7-14(16-11-13)12-18(4)9-8-17(2)3/h6-7,11,15H,5,8-10,12H2,1-4H3. The number of nitrogens with zero attached hydrogens (tertiary/aromatic N) is 3. The molecular formula is C14H26N4. The van der Waals surface area contributed by atoms with Crippen LogP contribution < -0.4 is 5.32 Å². The van der Waals surface area contributed by atoms with Crippen LogP contribution in [0, 0.1) is 0 Å². The van der Waals surface area contributed by atoms with Gasteiger partial charge >= 0.3 is 0 Å². The molecule has 0 bridgehead atoms. The van der Waals surface area contributed by atoms with Gasteiger partial charge in [0, 0.05) is 32.4 Å². The molecule has 4 heteroatoms. The highest BCUT2D eigenvalue weighted by atomic mass is 15.2. The summed E-state index contributed by atoms with van der Waals surface area (Å²) in [5.74, 6) is 0. The third-order valence-corrected chi connectivity index (χ3v) is 2.83. The molecule has 1 aromatic heterocycles. The second kappa shape index (κ2) is 8.19. The SMILES string of the molecule is CCNCc1ccc(CN(C)CCN(C)C)nc1. The maximum absolute atomic E-state index is 4.50. The first-order chi connectivity index (χ1) is 8.61. The van der Waals surface area contributed by atoms with Crippen LogP contribution in [0.1, 0.15) is 18.2 Å². The number of hydrogen-bond acceptors (Lipinski definition) is 4. The zero-order valence-corrected chi connectivity index (χ0v) is 12.1. The van der Waals surface area contributed by atoms with E-state index in [1.807, 2.05) is 6.20 Å². The van der Waals surface area contributed by atoms with E-state index in [-0.39, 0.29) is 0 Å². The smallest absolute Gasteiger partial charge is 0.0544 e. The van der Waals surface area contributed by atoms with Crippen molar-refractivity contribution in [3.05, 3.63) is 29.6 Å². The Hall–Kier alpha value is -0.970. The van der Waals surface area contributed by atoms with Crippen LogP contribution in [-0.2, 0) is 13.1 Å². The van der Waals surface area contributed by atoms with Crippen LogP contribution >= 0.6 is 0 Å². The minimum atomic E-state index is 0.903. The van der Waals surface area contributed by atoms with E-state index in [0.717, 1.165) is 38.4 Å². The third-order valence-electron chi connectivity index (χ3n) is 2.83. The molecule has 0 aliphatic carbocycles. The fourth-order valence-electron chi connectivity index (χ4n) is 1.65. The topological polar surface area (TPSA) is 31.4 Å². The monoisotopic (exact) mass is 250 g/mol. The molecule has 0 radical (unpaired) electrons. The van der Waals surface area contributed by atoms with Crippen molar-refractivity contribution in [2.75, 3.05) is 40.8 Å². The molecule has 0 unspecified atom stereocenters. The highest BCUT2D eigenvalue weighted by molar-refractivity contribution is 5.13. The van der Waals surface area contributed by atoms with Crippen molar-refractivity contribution in [3.63, 3.8) is 0 Å². The van der Waals surface area contributed by atoms with E-state index in [0.29, 0.717) is 0 Å². The molecule has 1 heterocycles. The lowest BCUT2D eigenvalue weighted by molar-refractivity contribution is 0.274. The van der Waals surface area contributed by atoms with Crippen LogP contribution in [0.3, 0.4) is 0 Å². The van der Waals surface area contributed by atoms with Crippen LogP contribution in [-0.4, -0.2) is 55.6 Å². The van der Waals surface area contributed by atoms with Crippen molar-refractivity contribution < 1.29 is 0 Å². The molecule has 1 aromatic rings. The Kier molecular flexibility index (Phi) is 6.86. The minimum absolute atomic E-state index is 0.903. The number of likely N-dealkylation sites (N-methyl/N-ethyl adjacent to an activating group) is 2. The molecule has 0 saturated heterocycles. The first-order valence-corrected chi connectivity index (χ1v) is 6.59. The Morgan fingerprint density at radius 3 is 2.50 bits per heavy atom. The number of pyridine rings is 1. The summed E-state index contributed by atoms with van der Waals surface area (Å²) >= 11 is 0. The van der Waals surface area contributed by atoms with Crippen molar-refractivity contribution in [2.45, 2.75) is 20.0 Å². The lowest BCUT2D eigenvalue weighted by Gasteiger charge is -2.18. The van der Waals surface area contributed by atoms with Gasteiger partial charge in [-0.05, 0) is 39.3 Å². The van der Waals surface area contributed by atoms with E-state index in [2.05, 4.69) is 60.3 Å². The van der Waals surface area contributed by atoms with Gasteiger partial charge in [-0.15, -0.1) is 0 Å². The molecule has 4 nitrogen and oxygen atoms in total. The van der Waals surface area contributed by atoms with Gasteiger partial charge in [0.1, 0.15) is 0 Å². The predicted octanol–water partition coefficient (Wildman–Crippen LogP) is 1.18. The zero-order chi connectivity index (χ0) is 13.4. The van der Waals surface area contributed by atoms with E-state index in [1.54, 1.807) is 0 Å². The van der Waals surface area contributed by atoms with Gasteiger partial charge in [-0.1, -0.05) is 13.0 Å². The number of hydrogen-bond donors (Lipinski definition) is 1. The third kappa shape index (κ3) is 6.10. The van der Waals surface area contributed by atoms with E-state index in [4.69, 9.17) is 0 Å². The molecule has 0 fully saturated rings. The van der Waals surface area contributed by atoms with Crippen LogP contribution in [0.25, 0.3) is 0 Å². The highest BCUT2D eigenvalue weighted by Gasteiger charge is 2.02.